The van der Waals surface area contributed by atoms with Gasteiger partial charge in [-0.2, -0.15) is 0 Å². The molecule has 0 saturated carbocycles. The molecule has 0 aromatic carbocycles. The van der Waals surface area contributed by atoms with Gasteiger partial charge in [-0.3, -0.25) is 0 Å². The zero-order chi connectivity index (χ0) is 21.0. The van der Waals surface area contributed by atoms with Gasteiger partial charge in [-0.1, -0.05) is 89.1 Å². The van der Waals surface area contributed by atoms with Crippen LogP contribution < -0.4 is 0 Å². The third kappa shape index (κ3) is 7.01. The molecule has 0 atom stereocenters. The molecule has 0 saturated heterocycles. The minimum absolute atomic E-state index is 1.10. The van der Waals surface area contributed by atoms with Gasteiger partial charge in [0.15, 0.2) is 0 Å². The minimum atomic E-state index is 1.10. The number of rotatable bonds is 0. The Morgan fingerprint density at radius 3 is 0.963 bits per heavy atom. The summed E-state index contributed by atoms with van der Waals surface area (Å²) in [6.45, 7) is 20.8. The van der Waals surface area contributed by atoms with Crippen LogP contribution in [-0.4, -0.2) is 0 Å². The fourth-order valence-corrected chi connectivity index (χ4v) is 3.14. The van der Waals surface area contributed by atoms with Gasteiger partial charge in [0.05, 0.1) is 0 Å². The van der Waals surface area contributed by atoms with Gasteiger partial charge in [-0.05, 0) is 80.4 Å². The predicted octanol–water partition coefficient (Wildman–Crippen LogP) is 9.21. The van der Waals surface area contributed by atoms with Crippen molar-refractivity contribution in [3.05, 3.63) is 81.0 Å². The summed E-state index contributed by atoms with van der Waals surface area (Å²) < 4.78 is 0. The molecule has 0 radical (unpaired) electrons. The monoisotopic (exact) mass is 366 g/mol. The first kappa shape index (κ1) is 25.2. The summed E-state index contributed by atoms with van der Waals surface area (Å²) in [5.74, 6) is 0. The highest BCUT2D eigenvalue weighted by Crippen LogP contribution is 2.37. The van der Waals surface area contributed by atoms with Gasteiger partial charge in [-0.15, -0.1) is 0 Å². The Morgan fingerprint density at radius 1 is 0.444 bits per heavy atom. The van der Waals surface area contributed by atoms with Crippen molar-refractivity contribution in [1.29, 1.82) is 0 Å². The summed E-state index contributed by atoms with van der Waals surface area (Å²) in [7, 11) is 0. The quantitative estimate of drug-likeness (QED) is 0.401. The second-order valence-electron chi connectivity index (χ2n) is 6.68. The van der Waals surface area contributed by atoms with Crippen LogP contribution in [0.4, 0.5) is 0 Å². The molecule has 0 nitrogen and oxygen atoms in total. The van der Waals surface area contributed by atoms with E-state index in [2.05, 4.69) is 64.2 Å². The number of hydrogen-bond acceptors (Lipinski definition) is 0. The first-order chi connectivity index (χ1) is 13.0. The van der Waals surface area contributed by atoms with Crippen molar-refractivity contribution in [1.82, 2.24) is 0 Å². The van der Waals surface area contributed by atoms with Gasteiger partial charge in [0, 0.05) is 0 Å². The van der Waals surface area contributed by atoms with Crippen LogP contribution in [0.5, 0.6) is 0 Å². The van der Waals surface area contributed by atoms with E-state index in [1.165, 1.54) is 44.6 Å². The van der Waals surface area contributed by atoms with Crippen LogP contribution in [0.3, 0.4) is 0 Å². The lowest BCUT2D eigenvalue weighted by molar-refractivity contribution is 1.11. The summed E-state index contributed by atoms with van der Waals surface area (Å²) in [4.78, 5) is 0. The molecule has 0 spiro atoms. The molecule has 0 bridgehead atoms. The molecule has 3 aliphatic carbocycles. The number of allylic oxidation sites excluding steroid dienone is 14. The van der Waals surface area contributed by atoms with E-state index in [1.807, 2.05) is 41.5 Å². The molecular weight excluding hydrogens is 324 g/mol. The Bertz CT molecular complexity index is 626. The lowest BCUT2D eigenvalue weighted by atomic mass is 10.00. The molecule has 0 amide bonds. The minimum Gasteiger partial charge on any atom is -0.0729 e. The van der Waals surface area contributed by atoms with Crippen molar-refractivity contribution < 1.29 is 0 Å². The number of hydrogen-bond donors (Lipinski definition) is 0. The van der Waals surface area contributed by atoms with E-state index >= 15 is 0 Å². The zero-order valence-corrected chi connectivity index (χ0v) is 19.6. The SMILES string of the molecule is CC.CC.CC.CC(C)=C1C=C/C(=C2C=C/C(=C3/C=CC(=C(C)C)C3)C/2)C1. The molecule has 3 rings (SSSR count). The lowest BCUT2D eigenvalue weighted by Crippen LogP contribution is -1.86. The first-order valence-corrected chi connectivity index (χ1v) is 10.9. The van der Waals surface area contributed by atoms with Crippen LogP contribution in [0, 0.1) is 0 Å². The molecule has 0 unspecified atom stereocenters. The summed E-state index contributed by atoms with van der Waals surface area (Å²) in [5.41, 5.74) is 11.9. The molecular formula is C27H42. The Labute approximate surface area is 169 Å². The molecule has 27 heavy (non-hydrogen) atoms. The molecule has 0 N–H and O–H groups in total. The van der Waals surface area contributed by atoms with E-state index in [0.717, 1.165) is 19.3 Å². The Balaban J connectivity index is 0.00000103. The molecule has 0 aliphatic heterocycles. The summed E-state index contributed by atoms with van der Waals surface area (Å²) in [5, 5.41) is 0. The van der Waals surface area contributed by atoms with E-state index < -0.39 is 0 Å². The Morgan fingerprint density at radius 2 is 0.704 bits per heavy atom. The third-order valence-electron chi connectivity index (χ3n) is 4.71. The van der Waals surface area contributed by atoms with Crippen molar-refractivity contribution in [3.8, 4) is 0 Å². The fraction of sp³-hybridized carbons (Fsp3) is 0.481. The third-order valence-corrected chi connectivity index (χ3v) is 4.71. The van der Waals surface area contributed by atoms with E-state index in [0.29, 0.717) is 0 Å². The van der Waals surface area contributed by atoms with Gasteiger partial charge < -0.3 is 0 Å². The van der Waals surface area contributed by atoms with Crippen LogP contribution in [0.1, 0.15) is 88.5 Å². The van der Waals surface area contributed by atoms with Crippen LogP contribution in [0.15, 0.2) is 81.0 Å². The standard InChI is InChI=1S/C21H24.3C2H6/c1-14(2)16-5-7-18(11-16)20-9-10-21(13-20)19-8-6-17(12-19)15(3)4;3*1-2/h5-10H,11-13H2,1-4H3;3*1-2H3/b20-18+,21-19+;;;. The first-order valence-electron chi connectivity index (χ1n) is 10.9. The average Bonchev–Trinajstić information content (AvgIpc) is 3.45. The second-order valence-corrected chi connectivity index (χ2v) is 6.68. The van der Waals surface area contributed by atoms with Crippen LogP contribution in [0.2, 0.25) is 0 Å². The van der Waals surface area contributed by atoms with E-state index in [4.69, 9.17) is 0 Å². The van der Waals surface area contributed by atoms with Crippen LogP contribution in [-0.2, 0) is 0 Å². The normalized spacial score (nSPS) is 22.0. The van der Waals surface area contributed by atoms with Crippen molar-refractivity contribution >= 4 is 0 Å². The lowest BCUT2D eigenvalue weighted by Gasteiger charge is -2.05. The fourth-order valence-electron chi connectivity index (χ4n) is 3.14. The molecule has 0 aromatic rings. The van der Waals surface area contributed by atoms with Crippen LogP contribution >= 0.6 is 0 Å². The van der Waals surface area contributed by atoms with Crippen LogP contribution in [0.25, 0.3) is 0 Å². The molecule has 0 fully saturated rings. The second kappa shape index (κ2) is 13.4. The van der Waals surface area contributed by atoms with Gasteiger partial charge in [-0.25, -0.2) is 0 Å². The van der Waals surface area contributed by atoms with Gasteiger partial charge in [0.1, 0.15) is 0 Å². The highest BCUT2D eigenvalue weighted by Gasteiger charge is 2.18. The topological polar surface area (TPSA) is 0 Å². The smallest absolute Gasteiger partial charge is 0.00201 e. The maximum Gasteiger partial charge on any atom is -0.00201 e. The van der Waals surface area contributed by atoms with Crippen molar-refractivity contribution in [3.63, 3.8) is 0 Å². The van der Waals surface area contributed by atoms with E-state index in [1.54, 1.807) is 0 Å². The Kier molecular flexibility index (Phi) is 12.5. The molecule has 3 aliphatic rings. The molecule has 0 heteroatoms. The van der Waals surface area contributed by atoms with Gasteiger partial charge in [0.25, 0.3) is 0 Å². The maximum atomic E-state index is 2.32. The molecule has 0 heterocycles. The zero-order valence-electron chi connectivity index (χ0n) is 19.6. The van der Waals surface area contributed by atoms with Crippen molar-refractivity contribution in [2.45, 2.75) is 88.5 Å². The molecule has 0 aromatic heterocycles. The molecule has 150 valence electrons. The van der Waals surface area contributed by atoms with Crippen molar-refractivity contribution in [2.24, 2.45) is 0 Å². The summed E-state index contributed by atoms with van der Waals surface area (Å²) >= 11 is 0. The predicted molar refractivity (Wildman–Crippen MR) is 126 cm³/mol. The average molecular weight is 367 g/mol. The highest BCUT2D eigenvalue weighted by atomic mass is 14.2. The summed E-state index contributed by atoms with van der Waals surface area (Å²) in [6.07, 6.45) is 17.2. The largest absolute Gasteiger partial charge is 0.0729 e. The van der Waals surface area contributed by atoms with Crippen molar-refractivity contribution in [2.75, 3.05) is 0 Å². The van der Waals surface area contributed by atoms with E-state index in [-0.39, 0.29) is 0 Å². The highest BCUT2D eigenvalue weighted by molar-refractivity contribution is 5.56. The Hall–Kier alpha value is -1.82. The summed E-state index contributed by atoms with van der Waals surface area (Å²) in [6, 6.07) is 0. The van der Waals surface area contributed by atoms with Gasteiger partial charge in [0.2, 0.25) is 0 Å². The maximum absolute atomic E-state index is 2.32. The van der Waals surface area contributed by atoms with E-state index in [9.17, 15) is 0 Å². The van der Waals surface area contributed by atoms with Gasteiger partial charge >= 0.3 is 0 Å².